The van der Waals surface area contributed by atoms with Crippen LogP contribution in [0.5, 0.6) is 5.88 Å². The van der Waals surface area contributed by atoms with Crippen molar-refractivity contribution in [2.75, 3.05) is 7.11 Å². The van der Waals surface area contributed by atoms with Gasteiger partial charge in [-0.1, -0.05) is 0 Å². The van der Waals surface area contributed by atoms with Crippen molar-refractivity contribution in [3.05, 3.63) is 40.2 Å². The van der Waals surface area contributed by atoms with Crippen LogP contribution in [0.25, 0.3) is 0 Å². The molecule has 1 aliphatic rings. The second-order valence-corrected chi connectivity index (χ2v) is 9.30. The molecule has 1 aliphatic carbocycles. The van der Waals surface area contributed by atoms with E-state index in [0.717, 1.165) is 23.6 Å². The third-order valence-electron chi connectivity index (χ3n) is 4.64. The van der Waals surface area contributed by atoms with E-state index in [4.69, 9.17) is 4.74 Å². The summed E-state index contributed by atoms with van der Waals surface area (Å²) in [6.45, 7) is 0. The van der Waals surface area contributed by atoms with E-state index in [1.54, 1.807) is 0 Å². The Morgan fingerprint density at radius 1 is 1.20 bits per heavy atom. The molecule has 12 heteroatoms. The van der Waals surface area contributed by atoms with Crippen molar-refractivity contribution in [2.24, 2.45) is 0 Å². The number of sulfonamides is 1. The number of aromatic nitrogens is 1. The molecule has 3 rings (SSSR count). The highest BCUT2D eigenvalue weighted by molar-refractivity contribution is 7.89. The van der Waals surface area contributed by atoms with Crippen LogP contribution in [0, 0.1) is 0 Å². The Morgan fingerprint density at radius 3 is 2.47 bits per heavy atom. The fourth-order valence-electron chi connectivity index (χ4n) is 3.12. The van der Waals surface area contributed by atoms with Crippen molar-refractivity contribution >= 4 is 27.3 Å². The van der Waals surface area contributed by atoms with Gasteiger partial charge in [0.05, 0.1) is 12.7 Å². The third kappa shape index (κ3) is 5.29. The SMILES string of the molecule is COC(=O)c1sccc1S(=O)(=O)NC1CCC(Oc2ccc(C(F)(F)F)cn2)CC1. The van der Waals surface area contributed by atoms with Gasteiger partial charge in [-0.25, -0.2) is 22.9 Å². The van der Waals surface area contributed by atoms with Crippen LogP contribution in [0.3, 0.4) is 0 Å². The number of ether oxygens (including phenoxy) is 2. The molecule has 2 heterocycles. The van der Waals surface area contributed by atoms with E-state index in [1.165, 1.54) is 24.6 Å². The van der Waals surface area contributed by atoms with Gasteiger partial charge >= 0.3 is 12.1 Å². The van der Waals surface area contributed by atoms with Crippen LogP contribution >= 0.6 is 11.3 Å². The summed E-state index contributed by atoms with van der Waals surface area (Å²) in [6.07, 6.45) is -2.06. The molecule has 1 fully saturated rings. The number of pyridine rings is 1. The van der Waals surface area contributed by atoms with Crippen LogP contribution in [-0.4, -0.2) is 38.6 Å². The summed E-state index contributed by atoms with van der Waals surface area (Å²) in [6, 6.07) is 3.08. The van der Waals surface area contributed by atoms with Crippen molar-refractivity contribution in [3.63, 3.8) is 0 Å². The molecule has 2 aromatic rings. The topological polar surface area (TPSA) is 94.6 Å². The zero-order valence-electron chi connectivity index (χ0n) is 15.8. The van der Waals surface area contributed by atoms with Gasteiger partial charge in [0.15, 0.2) is 0 Å². The number of rotatable bonds is 6. The molecule has 7 nitrogen and oxygen atoms in total. The van der Waals surface area contributed by atoms with E-state index in [1.807, 2.05) is 0 Å². The highest BCUT2D eigenvalue weighted by Crippen LogP contribution is 2.30. The Bertz CT molecular complexity index is 982. The summed E-state index contributed by atoms with van der Waals surface area (Å²) in [4.78, 5) is 15.3. The number of carbonyl (C=O) groups is 1. The molecule has 0 radical (unpaired) electrons. The first-order valence-electron chi connectivity index (χ1n) is 8.98. The molecular formula is C18H19F3N2O5S2. The molecule has 0 spiro atoms. The Morgan fingerprint density at radius 2 is 1.90 bits per heavy atom. The second-order valence-electron chi connectivity index (χ2n) is 6.70. The van der Waals surface area contributed by atoms with E-state index in [9.17, 15) is 26.4 Å². The number of methoxy groups -OCH3 is 1. The lowest BCUT2D eigenvalue weighted by Crippen LogP contribution is -2.40. The number of carbonyl (C=O) groups excluding carboxylic acids is 1. The van der Waals surface area contributed by atoms with Crippen molar-refractivity contribution in [3.8, 4) is 5.88 Å². The monoisotopic (exact) mass is 464 g/mol. The van der Waals surface area contributed by atoms with Crippen LogP contribution in [0.1, 0.15) is 40.9 Å². The number of hydrogen-bond donors (Lipinski definition) is 1. The molecule has 0 aromatic carbocycles. The number of nitrogens with one attached hydrogen (secondary N) is 1. The number of hydrogen-bond acceptors (Lipinski definition) is 7. The Kier molecular flexibility index (Phi) is 6.68. The number of halogens is 3. The standard InChI is InChI=1S/C18H19F3N2O5S2/c1-27-17(24)16-14(8-9-29-16)30(25,26)23-12-3-5-13(6-4-12)28-15-7-2-11(10-22-15)18(19,20)21/h2,7-10,12-13,23H,3-6H2,1H3. The van der Waals surface area contributed by atoms with Gasteiger partial charge in [-0.05, 0) is 43.2 Å². The highest BCUT2D eigenvalue weighted by Gasteiger charge is 2.32. The van der Waals surface area contributed by atoms with Crippen molar-refractivity contribution in [1.82, 2.24) is 9.71 Å². The molecule has 164 valence electrons. The minimum Gasteiger partial charge on any atom is -0.474 e. The molecule has 0 amide bonds. The Hall–Kier alpha value is -2.18. The average Bonchev–Trinajstić information content (AvgIpc) is 3.19. The zero-order valence-corrected chi connectivity index (χ0v) is 17.4. The quantitative estimate of drug-likeness (QED) is 0.657. The molecule has 1 saturated carbocycles. The summed E-state index contributed by atoms with van der Waals surface area (Å²) < 4.78 is 75.9. The highest BCUT2D eigenvalue weighted by atomic mass is 32.2. The second kappa shape index (κ2) is 8.90. The minimum absolute atomic E-state index is 0.00963. The first-order valence-corrected chi connectivity index (χ1v) is 11.3. The molecule has 30 heavy (non-hydrogen) atoms. The van der Waals surface area contributed by atoms with Crippen molar-refractivity contribution in [2.45, 2.75) is 48.9 Å². The van der Waals surface area contributed by atoms with Gasteiger partial charge in [-0.2, -0.15) is 13.2 Å². The Labute approximate surface area is 175 Å². The number of alkyl halides is 3. The van der Waals surface area contributed by atoms with Crippen molar-refractivity contribution in [1.29, 1.82) is 0 Å². The fraction of sp³-hybridized carbons (Fsp3) is 0.444. The van der Waals surface area contributed by atoms with Gasteiger partial charge < -0.3 is 9.47 Å². The largest absolute Gasteiger partial charge is 0.474 e. The van der Waals surface area contributed by atoms with E-state index in [2.05, 4.69) is 14.4 Å². The maximum atomic E-state index is 12.6. The van der Waals surface area contributed by atoms with Gasteiger partial charge in [0.1, 0.15) is 15.9 Å². The van der Waals surface area contributed by atoms with Crippen LogP contribution < -0.4 is 9.46 Å². The number of nitrogens with zero attached hydrogens (tertiary/aromatic N) is 1. The number of thiophene rings is 1. The van der Waals surface area contributed by atoms with E-state index >= 15 is 0 Å². The van der Waals surface area contributed by atoms with Gasteiger partial charge in [-0.3, -0.25) is 0 Å². The molecule has 0 saturated heterocycles. The third-order valence-corrected chi connectivity index (χ3v) is 7.22. The van der Waals surface area contributed by atoms with Crippen molar-refractivity contribution < 1.29 is 35.9 Å². The first kappa shape index (κ1) is 22.5. The molecule has 2 aromatic heterocycles. The predicted octanol–water partition coefficient (Wildman–Crippen LogP) is 3.62. The molecule has 0 unspecified atom stereocenters. The lowest BCUT2D eigenvalue weighted by atomic mass is 9.94. The zero-order chi connectivity index (χ0) is 21.9. The average molecular weight is 464 g/mol. The summed E-state index contributed by atoms with van der Waals surface area (Å²) in [5.74, 6) is -0.625. The maximum absolute atomic E-state index is 12.6. The normalized spacial score (nSPS) is 20.0. The first-order chi connectivity index (χ1) is 14.1. The smallest absolute Gasteiger partial charge is 0.417 e. The molecule has 0 bridgehead atoms. The lowest BCUT2D eigenvalue weighted by Gasteiger charge is -2.29. The van der Waals surface area contributed by atoms with Gasteiger partial charge in [-0.15, -0.1) is 11.3 Å². The minimum atomic E-state index is -4.46. The summed E-state index contributed by atoms with van der Waals surface area (Å²) in [5, 5.41) is 1.50. The van der Waals surface area contributed by atoms with Crippen LogP contribution in [0.15, 0.2) is 34.7 Å². The van der Waals surface area contributed by atoms with Crippen LogP contribution in [0.2, 0.25) is 0 Å². The molecule has 0 atom stereocenters. The molecule has 1 N–H and O–H groups in total. The fourth-order valence-corrected chi connectivity index (χ4v) is 5.76. The van der Waals surface area contributed by atoms with Gasteiger partial charge in [0.25, 0.3) is 0 Å². The summed E-state index contributed by atoms with van der Waals surface area (Å²) >= 11 is 0.984. The molecular weight excluding hydrogens is 445 g/mol. The van der Waals surface area contributed by atoms with E-state index in [-0.39, 0.29) is 27.8 Å². The van der Waals surface area contributed by atoms with E-state index in [0.29, 0.717) is 25.7 Å². The van der Waals surface area contributed by atoms with Gasteiger partial charge in [0.2, 0.25) is 15.9 Å². The molecule has 0 aliphatic heterocycles. The van der Waals surface area contributed by atoms with E-state index < -0.39 is 27.7 Å². The summed E-state index contributed by atoms with van der Waals surface area (Å²) in [5.41, 5.74) is -0.854. The number of esters is 1. The predicted molar refractivity (Wildman–Crippen MR) is 102 cm³/mol. The maximum Gasteiger partial charge on any atom is 0.417 e. The van der Waals surface area contributed by atoms with Gasteiger partial charge in [0, 0.05) is 18.3 Å². The van der Waals surface area contributed by atoms with Crippen LogP contribution in [0.4, 0.5) is 13.2 Å². The summed E-state index contributed by atoms with van der Waals surface area (Å²) in [7, 11) is -2.72. The van der Waals surface area contributed by atoms with Crippen LogP contribution in [-0.2, 0) is 20.9 Å². The lowest BCUT2D eigenvalue weighted by molar-refractivity contribution is -0.137. The Balaban J connectivity index is 1.56.